The molecule has 0 saturated carbocycles. The lowest BCUT2D eigenvalue weighted by molar-refractivity contribution is 0.746. The fraction of sp³-hybridized carbons (Fsp3) is 0.304. The van der Waals surface area contributed by atoms with Crippen molar-refractivity contribution in [3.05, 3.63) is 82.9 Å². The lowest BCUT2D eigenvalue weighted by atomic mass is 9.86. The van der Waals surface area contributed by atoms with Crippen molar-refractivity contribution in [3.63, 3.8) is 0 Å². The highest BCUT2D eigenvalue weighted by Gasteiger charge is 2.36. The maximum absolute atomic E-state index is 2.41. The molecule has 0 aliphatic heterocycles. The summed E-state index contributed by atoms with van der Waals surface area (Å²) in [6.07, 6.45) is 8.30. The van der Waals surface area contributed by atoms with Crippen molar-refractivity contribution in [2.45, 2.75) is 33.1 Å². The summed E-state index contributed by atoms with van der Waals surface area (Å²) in [6, 6.07) is 18.4. The minimum atomic E-state index is 0.605. The van der Waals surface area contributed by atoms with Crippen LogP contribution in [0.2, 0.25) is 0 Å². The second-order valence-electron chi connectivity index (χ2n) is 6.76. The number of hydrogen-bond acceptors (Lipinski definition) is 0. The number of fused-ring (bicyclic) bond motifs is 2. The van der Waals surface area contributed by atoms with Crippen LogP contribution in [0.4, 0.5) is 0 Å². The van der Waals surface area contributed by atoms with Crippen LogP contribution in [0.25, 0.3) is 11.1 Å². The number of aryl methyl sites for hydroxylation is 2. The van der Waals surface area contributed by atoms with Crippen LogP contribution in [0.1, 0.15) is 42.5 Å². The highest BCUT2D eigenvalue weighted by molar-refractivity contribution is 5.97. The van der Waals surface area contributed by atoms with Gasteiger partial charge >= 0.3 is 0 Å². The van der Waals surface area contributed by atoms with Gasteiger partial charge in [0, 0.05) is 11.8 Å². The van der Waals surface area contributed by atoms with Gasteiger partial charge in [-0.1, -0.05) is 74.5 Å². The fourth-order valence-corrected chi connectivity index (χ4v) is 4.11. The molecule has 2 atom stereocenters. The van der Waals surface area contributed by atoms with Gasteiger partial charge in [-0.3, -0.25) is 0 Å². The Labute approximate surface area is 139 Å². The Kier molecular flexibility index (Phi) is 3.69. The summed E-state index contributed by atoms with van der Waals surface area (Å²) in [4.78, 5) is 0. The first-order chi connectivity index (χ1) is 11.3. The van der Waals surface area contributed by atoms with Gasteiger partial charge in [0.2, 0.25) is 0 Å². The first-order valence-corrected chi connectivity index (χ1v) is 8.91. The zero-order valence-electron chi connectivity index (χ0n) is 14.0. The molecule has 0 nitrogen and oxygen atoms in total. The second-order valence-corrected chi connectivity index (χ2v) is 6.76. The Morgan fingerprint density at radius 3 is 1.39 bits per heavy atom. The molecule has 0 radical (unpaired) electrons. The van der Waals surface area contributed by atoms with Gasteiger partial charge in [0.05, 0.1) is 0 Å². The third kappa shape index (κ3) is 2.47. The topological polar surface area (TPSA) is 0 Å². The third-order valence-electron chi connectivity index (χ3n) is 5.46. The zero-order chi connectivity index (χ0) is 15.8. The van der Waals surface area contributed by atoms with E-state index in [-0.39, 0.29) is 0 Å². The van der Waals surface area contributed by atoms with E-state index in [2.05, 4.69) is 74.5 Å². The monoisotopic (exact) mass is 300 g/mol. The molecule has 2 bridgehead atoms. The van der Waals surface area contributed by atoms with Crippen molar-refractivity contribution in [1.82, 2.24) is 0 Å². The second kappa shape index (κ2) is 5.85. The van der Waals surface area contributed by atoms with E-state index >= 15 is 0 Å². The summed E-state index contributed by atoms with van der Waals surface area (Å²) in [7, 11) is 0. The summed E-state index contributed by atoms with van der Waals surface area (Å²) in [5, 5.41) is 0. The van der Waals surface area contributed by atoms with Gasteiger partial charge in [-0.05, 0) is 52.7 Å². The van der Waals surface area contributed by atoms with Gasteiger partial charge < -0.3 is 0 Å². The Balaban J connectivity index is 1.80. The van der Waals surface area contributed by atoms with E-state index in [9.17, 15) is 0 Å². The van der Waals surface area contributed by atoms with Crippen molar-refractivity contribution in [2.75, 3.05) is 0 Å². The molecule has 0 spiro atoms. The third-order valence-corrected chi connectivity index (χ3v) is 5.46. The van der Waals surface area contributed by atoms with Crippen molar-refractivity contribution < 1.29 is 0 Å². The number of benzene rings is 2. The zero-order valence-corrected chi connectivity index (χ0v) is 14.0. The summed E-state index contributed by atoms with van der Waals surface area (Å²) in [5.74, 6) is 1.21. The van der Waals surface area contributed by atoms with Gasteiger partial charge in [-0.25, -0.2) is 0 Å². The van der Waals surface area contributed by atoms with Crippen LogP contribution in [0.5, 0.6) is 0 Å². The van der Waals surface area contributed by atoms with Crippen LogP contribution in [-0.4, -0.2) is 0 Å². The summed E-state index contributed by atoms with van der Waals surface area (Å²) >= 11 is 0. The maximum Gasteiger partial charge on any atom is 0.00361 e. The number of hydrogen-bond donors (Lipinski definition) is 0. The van der Waals surface area contributed by atoms with Crippen molar-refractivity contribution in [1.29, 1.82) is 0 Å². The standard InChI is InChI=1S/C23H24/c1-3-16-5-9-18(10-6-16)22-20-13-14-21(15-20)23(22)19-11-7-17(4-2)8-12-19/h5-14,20-21H,3-4,15H2,1-2H3/t20-,21+. The molecule has 0 heterocycles. The molecule has 0 unspecified atom stereocenters. The van der Waals surface area contributed by atoms with Gasteiger partial charge in [0.25, 0.3) is 0 Å². The van der Waals surface area contributed by atoms with E-state index in [1.807, 2.05) is 0 Å². The molecule has 2 aromatic rings. The quantitative estimate of drug-likeness (QED) is 0.614. The average Bonchev–Trinajstić information content (AvgIpc) is 3.23. The summed E-state index contributed by atoms with van der Waals surface area (Å²) < 4.78 is 0. The van der Waals surface area contributed by atoms with E-state index in [0.717, 1.165) is 12.8 Å². The molecule has 23 heavy (non-hydrogen) atoms. The first kappa shape index (κ1) is 14.5. The highest BCUT2D eigenvalue weighted by atomic mass is 14.4. The highest BCUT2D eigenvalue weighted by Crippen LogP contribution is 2.52. The smallest absolute Gasteiger partial charge is 0.00361 e. The van der Waals surface area contributed by atoms with Crippen molar-refractivity contribution in [2.24, 2.45) is 11.8 Å². The van der Waals surface area contributed by atoms with E-state index in [4.69, 9.17) is 0 Å². The lowest BCUT2D eigenvalue weighted by Crippen LogP contribution is -1.99. The molecular formula is C23H24. The molecule has 2 aromatic carbocycles. The maximum atomic E-state index is 2.41. The van der Waals surface area contributed by atoms with Crippen molar-refractivity contribution >= 4 is 11.1 Å². The number of allylic oxidation sites excluding steroid dienone is 4. The van der Waals surface area contributed by atoms with Gasteiger partial charge in [0.1, 0.15) is 0 Å². The van der Waals surface area contributed by atoms with Crippen LogP contribution in [-0.2, 0) is 12.8 Å². The van der Waals surface area contributed by atoms with Crippen LogP contribution >= 0.6 is 0 Å². The molecule has 4 rings (SSSR count). The van der Waals surface area contributed by atoms with Crippen LogP contribution in [0, 0.1) is 11.8 Å². The Morgan fingerprint density at radius 1 is 0.652 bits per heavy atom. The molecule has 0 saturated heterocycles. The Bertz CT molecular complexity index is 691. The molecule has 0 amide bonds. The van der Waals surface area contributed by atoms with E-state index < -0.39 is 0 Å². The molecule has 0 fully saturated rings. The minimum absolute atomic E-state index is 0.605. The van der Waals surface area contributed by atoms with E-state index in [0.29, 0.717) is 11.8 Å². The van der Waals surface area contributed by atoms with Gasteiger partial charge in [-0.15, -0.1) is 0 Å². The molecular weight excluding hydrogens is 276 g/mol. The normalized spacial score (nSPS) is 22.2. The average molecular weight is 300 g/mol. The fourth-order valence-electron chi connectivity index (χ4n) is 4.11. The predicted molar refractivity (Wildman–Crippen MR) is 99.2 cm³/mol. The predicted octanol–water partition coefficient (Wildman–Crippen LogP) is 5.93. The van der Waals surface area contributed by atoms with E-state index in [1.54, 1.807) is 11.1 Å². The molecule has 2 aliphatic rings. The van der Waals surface area contributed by atoms with E-state index in [1.165, 1.54) is 28.7 Å². The summed E-state index contributed by atoms with van der Waals surface area (Å²) in [5.41, 5.74) is 8.78. The van der Waals surface area contributed by atoms with Crippen molar-refractivity contribution in [3.8, 4) is 0 Å². The van der Waals surface area contributed by atoms with Gasteiger partial charge in [-0.2, -0.15) is 0 Å². The van der Waals surface area contributed by atoms with Gasteiger partial charge in [0.15, 0.2) is 0 Å². The largest absolute Gasteiger partial charge is 0.0803 e. The van der Waals surface area contributed by atoms with Crippen LogP contribution < -0.4 is 0 Å². The molecule has 0 aromatic heterocycles. The lowest BCUT2D eigenvalue weighted by Gasteiger charge is -2.18. The SMILES string of the molecule is CCc1ccc(C2=C(c3ccc(CC)cc3)[C@H]3C=C[C@@H]2C3)cc1. The molecule has 116 valence electrons. The Hall–Kier alpha value is -2.08. The molecule has 0 heteroatoms. The number of rotatable bonds is 4. The molecule has 0 N–H and O–H groups in total. The van der Waals surface area contributed by atoms with Crippen LogP contribution in [0.3, 0.4) is 0 Å². The first-order valence-electron chi connectivity index (χ1n) is 8.91. The van der Waals surface area contributed by atoms with Crippen LogP contribution in [0.15, 0.2) is 60.7 Å². The Morgan fingerprint density at radius 2 is 1.04 bits per heavy atom. The summed E-state index contributed by atoms with van der Waals surface area (Å²) in [6.45, 7) is 4.44. The molecule has 2 aliphatic carbocycles. The minimum Gasteiger partial charge on any atom is -0.0803 e.